The molecule has 2 N–H and O–H groups in total. The fraction of sp³-hybridized carbons (Fsp3) is 0.423. The van der Waals surface area contributed by atoms with Gasteiger partial charge in [-0.05, 0) is 53.5 Å². The third-order valence-electron chi connectivity index (χ3n) is 6.61. The van der Waals surface area contributed by atoms with Crippen molar-refractivity contribution in [3.63, 3.8) is 0 Å². The Bertz CT molecular complexity index is 1010. The Morgan fingerprint density at radius 1 is 1.12 bits per heavy atom. The Morgan fingerprint density at radius 2 is 1.76 bits per heavy atom. The number of amides is 2. The van der Waals surface area contributed by atoms with Crippen LogP contribution in [0.4, 0.5) is 4.79 Å². The smallest absolute Gasteiger partial charge is 0.407 e. The number of thioether (sulfide) groups is 1. The van der Waals surface area contributed by atoms with Gasteiger partial charge in [0.1, 0.15) is 12.6 Å². The van der Waals surface area contributed by atoms with E-state index in [2.05, 4.69) is 29.6 Å². The van der Waals surface area contributed by atoms with Gasteiger partial charge in [0.05, 0.1) is 6.42 Å². The summed E-state index contributed by atoms with van der Waals surface area (Å²) in [5.41, 5.74) is 4.55. The van der Waals surface area contributed by atoms with Gasteiger partial charge in [-0.15, -0.1) is 0 Å². The molecule has 180 valence electrons. The molecule has 1 fully saturated rings. The van der Waals surface area contributed by atoms with Crippen molar-refractivity contribution in [2.75, 3.05) is 25.2 Å². The number of hydrogen-bond acceptors (Lipinski definition) is 5. The fourth-order valence-corrected chi connectivity index (χ4v) is 5.49. The second-order valence-corrected chi connectivity index (χ2v) is 9.72. The number of carbonyl (C=O) groups excluding carboxylic acids is 2. The monoisotopic (exact) mass is 482 g/mol. The summed E-state index contributed by atoms with van der Waals surface area (Å²) in [4.78, 5) is 38.8. The molecule has 2 aliphatic rings. The fourth-order valence-electron chi connectivity index (χ4n) is 5.02. The van der Waals surface area contributed by atoms with Gasteiger partial charge in [-0.1, -0.05) is 48.5 Å². The number of aliphatic carboxylic acids is 1. The summed E-state index contributed by atoms with van der Waals surface area (Å²) in [5, 5.41) is 11.9. The first-order chi connectivity index (χ1) is 16.5. The molecule has 8 heteroatoms. The zero-order valence-electron chi connectivity index (χ0n) is 19.2. The normalized spacial score (nSPS) is 17.7. The van der Waals surface area contributed by atoms with Gasteiger partial charge < -0.3 is 20.1 Å². The lowest BCUT2D eigenvalue weighted by molar-refractivity contribution is -0.140. The van der Waals surface area contributed by atoms with E-state index in [1.807, 2.05) is 30.5 Å². The highest BCUT2D eigenvalue weighted by molar-refractivity contribution is 7.98. The number of rotatable bonds is 9. The highest BCUT2D eigenvalue weighted by Gasteiger charge is 2.35. The lowest BCUT2D eigenvalue weighted by Gasteiger charge is -2.28. The molecule has 1 saturated heterocycles. The zero-order chi connectivity index (χ0) is 24.1. The Morgan fingerprint density at radius 3 is 2.38 bits per heavy atom. The van der Waals surface area contributed by atoms with Crippen molar-refractivity contribution in [3.8, 4) is 11.1 Å². The lowest BCUT2D eigenvalue weighted by Crippen LogP contribution is -2.50. The maximum Gasteiger partial charge on any atom is 0.407 e. The van der Waals surface area contributed by atoms with E-state index < -0.39 is 18.1 Å². The molecule has 2 aromatic carbocycles. The molecule has 2 aromatic rings. The number of nitrogens with one attached hydrogen (secondary N) is 1. The van der Waals surface area contributed by atoms with Crippen LogP contribution in [0.25, 0.3) is 11.1 Å². The van der Waals surface area contributed by atoms with Gasteiger partial charge in [0, 0.05) is 18.5 Å². The first kappa shape index (κ1) is 24.1. The van der Waals surface area contributed by atoms with Crippen molar-refractivity contribution < 1.29 is 24.2 Å². The molecule has 2 amide bonds. The van der Waals surface area contributed by atoms with Gasteiger partial charge >= 0.3 is 12.1 Å². The molecule has 0 aromatic heterocycles. The van der Waals surface area contributed by atoms with Crippen LogP contribution in [-0.2, 0) is 14.3 Å². The Kier molecular flexibility index (Phi) is 7.77. The molecule has 1 aliphatic heterocycles. The molecule has 0 unspecified atom stereocenters. The third kappa shape index (κ3) is 5.22. The van der Waals surface area contributed by atoms with E-state index in [1.165, 1.54) is 0 Å². The van der Waals surface area contributed by atoms with Crippen molar-refractivity contribution in [2.24, 2.45) is 0 Å². The summed E-state index contributed by atoms with van der Waals surface area (Å²) in [6, 6.07) is 15.2. The van der Waals surface area contributed by atoms with Gasteiger partial charge in [0.25, 0.3) is 0 Å². The number of hydrogen-bond donors (Lipinski definition) is 2. The average molecular weight is 483 g/mol. The summed E-state index contributed by atoms with van der Waals surface area (Å²) in [6.45, 7) is 0.688. The van der Waals surface area contributed by atoms with Crippen LogP contribution in [0, 0.1) is 0 Å². The highest BCUT2D eigenvalue weighted by Crippen LogP contribution is 2.44. The standard InChI is InChI=1S/C26H30N2O5S/c1-34-14-12-23(25(31)28-13-6-7-17(28)15-24(29)30)27-26(32)33-16-22-20-10-4-2-8-18(20)19-9-3-5-11-21(19)22/h2-5,8-11,17,22-23H,6-7,12-16H2,1H3,(H,27,32)(H,29,30)/t17-,23+/m1/s1. The molecule has 0 spiro atoms. The molecule has 0 bridgehead atoms. The van der Waals surface area contributed by atoms with Crippen molar-refractivity contribution >= 4 is 29.7 Å². The summed E-state index contributed by atoms with van der Waals surface area (Å²) < 4.78 is 5.63. The van der Waals surface area contributed by atoms with E-state index in [9.17, 15) is 19.5 Å². The van der Waals surface area contributed by atoms with E-state index >= 15 is 0 Å². The predicted molar refractivity (Wildman–Crippen MR) is 132 cm³/mol. The number of ether oxygens (including phenoxy) is 1. The molecule has 2 atom stereocenters. The van der Waals surface area contributed by atoms with Crippen LogP contribution in [0.1, 0.15) is 42.7 Å². The predicted octanol–water partition coefficient (Wildman–Crippen LogP) is 4.11. The number of benzene rings is 2. The van der Waals surface area contributed by atoms with Crippen molar-refractivity contribution in [1.82, 2.24) is 10.2 Å². The van der Waals surface area contributed by atoms with Crippen molar-refractivity contribution in [1.29, 1.82) is 0 Å². The molecule has 4 rings (SSSR count). The second-order valence-electron chi connectivity index (χ2n) is 8.73. The van der Waals surface area contributed by atoms with Crippen LogP contribution in [0.2, 0.25) is 0 Å². The quantitative estimate of drug-likeness (QED) is 0.558. The van der Waals surface area contributed by atoms with Gasteiger partial charge in [0.2, 0.25) is 5.91 Å². The topological polar surface area (TPSA) is 95.9 Å². The van der Waals surface area contributed by atoms with Crippen LogP contribution >= 0.6 is 11.8 Å². The number of carbonyl (C=O) groups is 3. The molecule has 1 heterocycles. The number of carboxylic acids is 1. The number of nitrogens with zero attached hydrogens (tertiary/aromatic N) is 1. The summed E-state index contributed by atoms with van der Waals surface area (Å²) in [7, 11) is 0. The summed E-state index contributed by atoms with van der Waals surface area (Å²) in [6.07, 6.45) is 3.13. The number of fused-ring (bicyclic) bond motifs is 3. The van der Waals surface area contributed by atoms with Crippen LogP contribution < -0.4 is 5.32 Å². The van der Waals surface area contributed by atoms with Gasteiger partial charge in [-0.3, -0.25) is 9.59 Å². The largest absolute Gasteiger partial charge is 0.481 e. The number of alkyl carbamates (subject to hydrolysis) is 1. The minimum absolute atomic E-state index is 0.0583. The van der Waals surface area contributed by atoms with Crippen molar-refractivity contribution in [3.05, 3.63) is 59.7 Å². The molecule has 34 heavy (non-hydrogen) atoms. The van der Waals surface area contributed by atoms with Crippen LogP contribution in [0.3, 0.4) is 0 Å². The minimum Gasteiger partial charge on any atom is -0.481 e. The minimum atomic E-state index is -0.921. The highest BCUT2D eigenvalue weighted by atomic mass is 32.2. The Hall–Kier alpha value is -3.00. The number of carboxylic acid groups (broad SMARTS) is 1. The maximum atomic E-state index is 13.2. The van der Waals surface area contributed by atoms with E-state index in [-0.39, 0.29) is 30.9 Å². The molecule has 0 radical (unpaired) electrons. The van der Waals surface area contributed by atoms with Crippen molar-refractivity contribution in [2.45, 2.75) is 43.7 Å². The first-order valence-corrected chi connectivity index (χ1v) is 13.0. The molecular formula is C26H30N2O5S. The number of likely N-dealkylation sites (tertiary alicyclic amines) is 1. The van der Waals surface area contributed by atoms with E-state index in [0.717, 1.165) is 28.7 Å². The molecule has 7 nitrogen and oxygen atoms in total. The molecular weight excluding hydrogens is 452 g/mol. The first-order valence-electron chi connectivity index (χ1n) is 11.6. The van der Waals surface area contributed by atoms with Crippen LogP contribution in [0.15, 0.2) is 48.5 Å². The summed E-state index contributed by atoms with van der Waals surface area (Å²) in [5.74, 6) is -0.518. The zero-order valence-corrected chi connectivity index (χ0v) is 20.1. The molecule has 0 saturated carbocycles. The van der Waals surface area contributed by atoms with Gasteiger partial charge in [-0.25, -0.2) is 4.79 Å². The SMILES string of the molecule is CSCC[C@H](NC(=O)OCC1c2ccccc2-c2ccccc21)C(=O)N1CCC[C@@H]1CC(=O)O. The van der Waals surface area contributed by atoms with Gasteiger partial charge in [0.15, 0.2) is 0 Å². The molecule has 1 aliphatic carbocycles. The van der Waals surface area contributed by atoms with E-state index in [4.69, 9.17) is 4.74 Å². The van der Waals surface area contributed by atoms with E-state index in [1.54, 1.807) is 16.7 Å². The Labute approximate surface area is 203 Å². The van der Waals surface area contributed by atoms with Crippen LogP contribution in [-0.4, -0.2) is 65.2 Å². The van der Waals surface area contributed by atoms with E-state index in [0.29, 0.717) is 25.1 Å². The van der Waals surface area contributed by atoms with Gasteiger partial charge in [-0.2, -0.15) is 11.8 Å². The second kappa shape index (κ2) is 11.0. The maximum absolute atomic E-state index is 13.2. The Balaban J connectivity index is 1.42. The van der Waals surface area contributed by atoms with Crippen LogP contribution in [0.5, 0.6) is 0 Å². The third-order valence-corrected chi connectivity index (χ3v) is 7.26. The lowest BCUT2D eigenvalue weighted by atomic mass is 9.98. The average Bonchev–Trinajstić information content (AvgIpc) is 3.42. The summed E-state index contributed by atoms with van der Waals surface area (Å²) >= 11 is 1.59.